The molecule has 1 aliphatic carbocycles. The summed E-state index contributed by atoms with van der Waals surface area (Å²) >= 11 is 0. The van der Waals surface area contributed by atoms with Crippen LogP contribution in [0.5, 0.6) is 0 Å². The Bertz CT molecular complexity index is 221. The van der Waals surface area contributed by atoms with Gasteiger partial charge in [0.2, 0.25) is 5.91 Å². The molecule has 0 aromatic carbocycles. The highest BCUT2D eigenvalue weighted by molar-refractivity contribution is 5.87. The predicted octanol–water partition coefficient (Wildman–Crippen LogP) is 2.66. The number of rotatable bonds is 2. The third-order valence-corrected chi connectivity index (χ3v) is 2.45. The van der Waals surface area contributed by atoms with Gasteiger partial charge in [0.15, 0.2) is 0 Å². The summed E-state index contributed by atoms with van der Waals surface area (Å²) < 4.78 is 4.68. The molecule has 1 fully saturated rings. The van der Waals surface area contributed by atoms with Crippen LogP contribution in [0.25, 0.3) is 0 Å². The van der Waals surface area contributed by atoms with E-state index in [9.17, 15) is 9.59 Å². The maximum absolute atomic E-state index is 11.4. The number of nitrogens with one attached hydrogen (secondary N) is 1. The molecule has 0 aliphatic heterocycles. The van der Waals surface area contributed by atoms with E-state index in [0.29, 0.717) is 12.8 Å². The van der Waals surface area contributed by atoms with Gasteiger partial charge < -0.3 is 10.1 Å². The molecule has 17 heavy (non-hydrogen) atoms. The second-order valence-electron chi connectivity index (χ2n) is 3.46. The molecule has 0 aromatic heterocycles. The van der Waals surface area contributed by atoms with E-state index in [1.807, 2.05) is 27.7 Å². The number of hydrogen-bond donors (Lipinski definition) is 1. The fourth-order valence-corrected chi connectivity index (χ4v) is 1.89. The standard InChI is InChI=1S/C9H15NO3.2C2H6/c1-7(11)10-9(8(12)13-2)5-3-4-6-9;2*1-2/h3-6H2,1-2H3,(H,10,11);2*1-2H3. The lowest BCUT2D eigenvalue weighted by Gasteiger charge is -2.26. The normalized spacial score (nSPS) is 15.6. The summed E-state index contributed by atoms with van der Waals surface area (Å²) in [6.07, 6.45) is 3.32. The summed E-state index contributed by atoms with van der Waals surface area (Å²) in [6, 6.07) is 0. The first-order valence-corrected chi connectivity index (χ1v) is 6.48. The van der Waals surface area contributed by atoms with Crippen molar-refractivity contribution in [2.75, 3.05) is 7.11 Å². The summed E-state index contributed by atoms with van der Waals surface area (Å²) in [6.45, 7) is 9.42. The molecule has 0 spiro atoms. The number of hydrogen-bond acceptors (Lipinski definition) is 3. The molecule has 1 N–H and O–H groups in total. The van der Waals surface area contributed by atoms with Gasteiger partial charge >= 0.3 is 5.97 Å². The summed E-state index contributed by atoms with van der Waals surface area (Å²) in [5.41, 5.74) is -0.736. The van der Waals surface area contributed by atoms with Crippen LogP contribution < -0.4 is 5.32 Å². The van der Waals surface area contributed by atoms with Crippen LogP contribution in [0.1, 0.15) is 60.3 Å². The highest BCUT2D eigenvalue weighted by Gasteiger charge is 2.42. The number of methoxy groups -OCH3 is 1. The van der Waals surface area contributed by atoms with Crippen molar-refractivity contribution in [3.05, 3.63) is 0 Å². The molecule has 0 heterocycles. The number of carbonyl (C=O) groups is 2. The van der Waals surface area contributed by atoms with E-state index in [1.165, 1.54) is 14.0 Å². The minimum absolute atomic E-state index is 0.174. The van der Waals surface area contributed by atoms with Crippen LogP contribution in [0.3, 0.4) is 0 Å². The molecule has 0 bridgehead atoms. The summed E-state index contributed by atoms with van der Waals surface area (Å²) in [4.78, 5) is 22.3. The number of ether oxygens (including phenoxy) is 1. The van der Waals surface area contributed by atoms with Crippen LogP contribution in [0, 0.1) is 0 Å². The largest absolute Gasteiger partial charge is 0.467 e. The van der Waals surface area contributed by atoms with Crippen molar-refractivity contribution in [1.29, 1.82) is 0 Å². The molecular formula is C13H27NO3. The Balaban J connectivity index is 0. The lowest BCUT2D eigenvalue weighted by molar-refractivity contribution is -0.150. The highest BCUT2D eigenvalue weighted by Crippen LogP contribution is 2.30. The zero-order valence-electron chi connectivity index (χ0n) is 12.1. The Kier molecular flexibility index (Phi) is 10.9. The zero-order valence-corrected chi connectivity index (χ0v) is 12.1. The fraction of sp³-hybridized carbons (Fsp3) is 0.846. The van der Waals surface area contributed by atoms with E-state index in [0.717, 1.165) is 12.8 Å². The van der Waals surface area contributed by atoms with Crippen molar-refractivity contribution >= 4 is 11.9 Å². The molecule has 0 aromatic rings. The molecule has 1 amide bonds. The van der Waals surface area contributed by atoms with Crippen LogP contribution >= 0.6 is 0 Å². The first kappa shape index (κ1) is 18.3. The summed E-state index contributed by atoms with van der Waals surface area (Å²) in [7, 11) is 1.35. The van der Waals surface area contributed by atoms with Gasteiger partial charge in [-0.2, -0.15) is 0 Å². The molecule has 0 unspecified atom stereocenters. The average Bonchev–Trinajstić information content (AvgIpc) is 2.82. The molecule has 1 rings (SSSR count). The van der Waals surface area contributed by atoms with Crippen molar-refractivity contribution in [2.45, 2.75) is 65.8 Å². The Hall–Kier alpha value is -1.06. The highest BCUT2D eigenvalue weighted by atomic mass is 16.5. The van der Waals surface area contributed by atoms with E-state index < -0.39 is 5.54 Å². The van der Waals surface area contributed by atoms with E-state index in [-0.39, 0.29) is 11.9 Å². The lowest BCUT2D eigenvalue weighted by Crippen LogP contribution is -2.52. The van der Waals surface area contributed by atoms with Crippen LogP contribution in [-0.4, -0.2) is 24.5 Å². The number of esters is 1. The molecule has 4 heteroatoms. The Labute approximate surface area is 105 Å². The molecule has 0 atom stereocenters. The molecule has 1 aliphatic rings. The monoisotopic (exact) mass is 245 g/mol. The summed E-state index contributed by atoms with van der Waals surface area (Å²) in [5.74, 6) is -0.493. The van der Waals surface area contributed by atoms with Gasteiger partial charge in [0.25, 0.3) is 0 Å². The van der Waals surface area contributed by atoms with Crippen molar-refractivity contribution in [2.24, 2.45) is 0 Å². The molecule has 4 nitrogen and oxygen atoms in total. The SMILES string of the molecule is CC.CC.COC(=O)C1(NC(C)=O)CCCC1. The lowest BCUT2D eigenvalue weighted by atomic mass is 9.98. The van der Waals surface area contributed by atoms with Gasteiger partial charge in [-0.15, -0.1) is 0 Å². The summed E-state index contributed by atoms with van der Waals surface area (Å²) in [5, 5.41) is 2.69. The molecular weight excluding hydrogens is 218 g/mol. The van der Waals surface area contributed by atoms with Gasteiger partial charge in [0.1, 0.15) is 5.54 Å². The van der Waals surface area contributed by atoms with Gasteiger partial charge in [0.05, 0.1) is 7.11 Å². The van der Waals surface area contributed by atoms with Crippen LogP contribution in [0.15, 0.2) is 0 Å². The van der Waals surface area contributed by atoms with Gasteiger partial charge in [0, 0.05) is 6.92 Å². The Morgan fingerprint density at radius 2 is 1.47 bits per heavy atom. The van der Waals surface area contributed by atoms with Crippen molar-refractivity contribution in [1.82, 2.24) is 5.32 Å². The first-order valence-electron chi connectivity index (χ1n) is 6.48. The maximum atomic E-state index is 11.4. The molecule has 0 saturated heterocycles. The van der Waals surface area contributed by atoms with Gasteiger partial charge in [-0.3, -0.25) is 4.79 Å². The number of amides is 1. The second-order valence-corrected chi connectivity index (χ2v) is 3.46. The number of carbonyl (C=O) groups excluding carboxylic acids is 2. The van der Waals surface area contributed by atoms with Crippen LogP contribution in [0.2, 0.25) is 0 Å². The van der Waals surface area contributed by atoms with Crippen LogP contribution in [-0.2, 0) is 14.3 Å². The first-order chi connectivity index (χ1) is 8.10. The third kappa shape index (κ3) is 5.71. The van der Waals surface area contributed by atoms with E-state index >= 15 is 0 Å². The topological polar surface area (TPSA) is 55.4 Å². The Morgan fingerprint density at radius 3 is 1.76 bits per heavy atom. The second kappa shape index (κ2) is 10.1. The van der Waals surface area contributed by atoms with Gasteiger partial charge in [-0.05, 0) is 12.8 Å². The predicted molar refractivity (Wildman–Crippen MR) is 69.7 cm³/mol. The minimum atomic E-state index is -0.736. The van der Waals surface area contributed by atoms with E-state index in [1.54, 1.807) is 0 Å². The Morgan fingerprint density at radius 1 is 1.06 bits per heavy atom. The maximum Gasteiger partial charge on any atom is 0.331 e. The van der Waals surface area contributed by atoms with Crippen molar-refractivity contribution < 1.29 is 14.3 Å². The van der Waals surface area contributed by atoms with Gasteiger partial charge in [-0.25, -0.2) is 4.79 Å². The van der Waals surface area contributed by atoms with E-state index in [2.05, 4.69) is 10.1 Å². The third-order valence-electron chi connectivity index (χ3n) is 2.45. The van der Waals surface area contributed by atoms with Gasteiger partial charge in [-0.1, -0.05) is 40.5 Å². The fourth-order valence-electron chi connectivity index (χ4n) is 1.89. The smallest absolute Gasteiger partial charge is 0.331 e. The average molecular weight is 245 g/mol. The molecule has 102 valence electrons. The minimum Gasteiger partial charge on any atom is -0.467 e. The quantitative estimate of drug-likeness (QED) is 0.761. The van der Waals surface area contributed by atoms with Crippen molar-refractivity contribution in [3.8, 4) is 0 Å². The zero-order chi connectivity index (χ0) is 13.9. The van der Waals surface area contributed by atoms with Crippen molar-refractivity contribution in [3.63, 3.8) is 0 Å². The molecule has 1 saturated carbocycles. The van der Waals surface area contributed by atoms with Crippen LogP contribution in [0.4, 0.5) is 0 Å². The molecule has 0 radical (unpaired) electrons. The van der Waals surface area contributed by atoms with E-state index in [4.69, 9.17) is 0 Å².